The molecule has 0 aliphatic carbocycles. The minimum absolute atomic E-state index is 0. The maximum Gasteiger partial charge on any atom is 0.239 e. The molecule has 1 aromatic rings. The van der Waals surface area contributed by atoms with Gasteiger partial charge >= 0.3 is 0 Å². The summed E-state index contributed by atoms with van der Waals surface area (Å²) < 4.78 is 5.76. The minimum atomic E-state index is 0. The van der Waals surface area contributed by atoms with Crippen molar-refractivity contribution in [2.75, 3.05) is 47.4 Å². The van der Waals surface area contributed by atoms with Gasteiger partial charge in [-0.1, -0.05) is 26.0 Å². The fourth-order valence-electron chi connectivity index (χ4n) is 3.76. The van der Waals surface area contributed by atoms with E-state index in [1.807, 2.05) is 26.2 Å². The standard InChI is InChI=1S/C24H41N5O2.HI/c1-18(2)17-31-21-12-10-20(11-13-21)19(3)27-24(25-4)26-14-8-16-29-15-7-9-22(29)23(30)28(5)6;/h10-13,18-19,22H,7-9,14-17H2,1-6H3,(H2,25,26,27);1H. The second-order valence-electron chi connectivity index (χ2n) is 8.92. The third-order valence-electron chi connectivity index (χ3n) is 5.54. The maximum atomic E-state index is 12.3. The highest BCUT2D eigenvalue weighted by Gasteiger charge is 2.30. The van der Waals surface area contributed by atoms with Gasteiger partial charge in [0, 0.05) is 34.2 Å². The van der Waals surface area contributed by atoms with Gasteiger partial charge in [-0.2, -0.15) is 0 Å². The van der Waals surface area contributed by atoms with Gasteiger partial charge in [0.25, 0.3) is 0 Å². The van der Waals surface area contributed by atoms with Crippen molar-refractivity contribution in [2.24, 2.45) is 10.9 Å². The van der Waals surface area contributed by atoms with Crippen LogP contribution in [0.5, 0.6) is 5.75 Å². The highest BCUT2D eigenvalue weighted by atomic mass is 127. The number of hydrogen-bond acceptors (Lipinski definition) is 4. The number of halogens is 1. The number of carbonyl (C=O) groups excluding carboxylic acids is 1. The zero-order chi connectivity index (χ0) is 22.8. The molecule has 2 rings (SSSR count). The van der Waals surface area contributed by atoms with Gasteiger partial charge in [-0.05, 0) is 56.3 Å². The first-order valence-electron chi connectivity index (χ1n) is 11.5. The summed E-state index contributed by atoms with van der Waals surface area (Å²) in [6.45, 7) is 9.88. The molecule has 1 aliphatic rings. The van der Waals surface area contributed by atoms with Crippen molar-refractivity contribution in [1.29, 1.82) is 0 Å². The molecule has 2 unspecified atom stereocenters. The van der Waals surface area contributed by atoms with Crippen LogP contribution in [0.4, 0.5) is 0 Å². The number of ether oxygens (including phenoxy) is 1. The number of guanidine groups is 1. The summed E-state index contributed by atoms with van der Waals surface area (Å²) in [7, 11) is 5.46. The molecule has 2 N–H and O–H groups in total. The summed E-state index contributed by atoms with van der Waals surface area (Å²) in [5.74, 6) is 2.42. The molecule has 1 aromatic carbocycles. The van der Waals surface area contributed by atoms with Crippen molar-refractivity contribution in [3.05, 3.63) is 29.8 Å². The third-order valence-corrected chi connectivity index (χ3v) is 5.54. The van der Waals surface area contributed by atoms with E-state index in [-0.39, 0.29) is 42.0 Å². The molecule has 1 fully saturated rings. The number of rotatable bonds is 10. The van der Waals surface area contributed by atoms with Crippen molar-refractivity contribution in [1.82, 2.24) is 20.4 Å². The molecule has 7 nitrogen and oxygen atoms in total. The molecule has 1 aliphatic heterocycles. The zero-order valence-electron chi connectivity index (χ0n) is 20.6. The van der Waals surface area contributed by atoms with Crippen LogP contribution >= 0.6 is 24.0 Å². The average Bonchev–Trinajstić information content (AvgIpc) is 3.22. The molecule has 0 aromatic heterocycles. The van der Waals surface area contributed by atoms with Crippen LogP contribution in [0.3, 0.4) is 0 Å². The second kappa shape index (κ2) is 14.6. The van der Waals surface area contributed by atoms with E-state index < -0.39 is 0 Å². The van der Waals surface area contributed by atoms with Crippen molar-refractivity contribution in [2.45, 2.75) is 52.1 Å². The quantitative estimate of drug-likeness (QED) is 0.199. The van der Waals surface area contributed by atoms with Crippen molar-refractivity contribution >= 4 is 35.8 Å². The molecule has 32 heavy (non-hydrogen) atoms. The molecule has 182 valence electrons. The van der Waals surface area contributed by atoms with Gasteiger partial charge < -0.3 is 20.3 Å². The summed E-state index contributed by atoms with van der Waals surface area (Å²) in [6.07, 6.45) is 3.03. The molecule has 0 bridgehead atoms. The number of likely N-dealkylation sites (N-methyl/N-ethyl adjacent to an activating group) is 1. The normalized spacial score (nSPS) is 17.6. The fraction of sp³-hybridized carbons (Fsp3) is 0.667. The van der Waals surface area contributed by atoms with Crippen molar-refractivity contribution in [3.8, 4) is 5.75 Å². The number of benzene rings is 1. The monoisotopic (exact) mass is 559 g/mol. The van der Waals surface area contributed by atoms with E-state index in [0.29, 0.717) is 5.92 Å². The first-order valence-corrected chi connectivity index (χ1v) is 11.5. The Labute approximate surface area is 211 Å². The molecule has 0 radical (unpaired) electrons. The van der Waals surface area contributed by atoms with Crippen LogP contribution < -0.4 is 15.4 Å². The molecule has 2 atom stereocenters. The smallest absolute Gasteiger partial charge is 0.239 e. The predicted molar refractivity (Wildman–Crippen MR) is 143 cm³/mol. The van der Waals surface area contributed by atoms with Crippen LogP contribution in [0.25, 0.3) is 0 Å². The number of hydrogen-bond donors (Lipinski definition) is 2. The highest BCUT2D eigenvalue weighted by molar-refractivity contribution is 14.0. The predicted octanol–water partition coefficient (Wildman–Crippen LogP) is 3.51. The van der Waals surface area contributed by atoms with E-state index in [4.69, 9.17) is 4.74 Å². The fourth-order valence-corrected chi connectivity index (χ4v) is 3.76. The lowest BCUT2D eigenvalue weighted by molar-refractivity contribution is -0.133. The molecular formula is C24H42IN5O2. The van der Waals surface area contributed by atoms with Gasteiger partial charge in [-0.3, -0.25) is 14.7 Å². The number of nitrogens with zero attached hydrogens (tertiary/aromatic N) is 3. The van der Waals surface area contributed by atoms with Crippen LogP contribution in [0.1, 0.15) is 51.6 Å². The molecule has 8 heteroatoms. The Hall–Kier alpha value is -1.55. The second-order valence-corrected chi connectivity index (χ2v) is 8.92. The topological polar surface area (TPSA) is 69.2 Å². The molecular weight excluding hydrogens is 517 g/mol. The van der Waals surface area contributed by atoms with Crippen molar-refractivity contribution < 1.29 is 9.53 Å². The van der Waals surface area contributed by atoms with Crippen LogP contribution in [-0.4, -0.2) is 75.1 Å². The summed E-state index contributed by atoms with van der Waals surface area (Å²) in [5, 5.41) is 6.84. The first-order chi connectivity index (χ1) is 14.8. The number of nitrogens with one attached hydrogen (secondary N) is 2. The third kappa shape index (κ3) is 9.13. The lowest BCUT2D eigenvalue weighted by Crippen LogP contribution is -2.44. The Morgan fingerprint density at radius 2 is 1.94 bits per heavy atom. The highest BCUT2D eigenvalue weighted by Crippen LogP contribution is 2.19. The van der Waals surface area contributed by atoms with Crippen molar-refractivity contribution in [3.63, 3.8) is 0 Å². The Morgan fingerprint density at radius 1 is 1.25 bits per heavy atom. The van der Waals surface area contributed by atoms with Gasteiger partial charge in [0.15, 0.2) is 5.96 Å². The number of likely N-dealkylation sites (tertiary alicyclic amines) is 1. The SMILES string of the molecule is CN=C(NCCCN1CCCC1C(=O)N(C)C)NC(C)c1ccc(OCC(C)C)cc1.I. The van der Waals surface area contributed by atoms with Gasteiger partial charge in [0.05, 0.1) is 18.7 Å². The lowest BCUT2D eigenvalue weighted by atomic mass is 10.1. The van der Waals surface area contributed by atoms with E-state index in [9.17, 15) is 4.79 Å². The maximum absolute atomic E-state index is 12.3. The molecule has 0 saturated carbocycles. The Balaban J connectivity index is 0.00000512. The number of amides is 1. The Morgan fingerprint density at radius 3 is 2.53 bits per heavy atom. The van der Waals surface area contributed by atoms with Crippen LogP contribution in [0.15, 0.2) is 29.3 Å². The van der Waals surface area contributed by atoms with Crippen LogP contribution in [0.2, 0.25) is 0 Å². The molecule has 0 spiro atoms. The largest absolute Gasteiger partial charge is 0.493 e. The van der Waals surface area contributed by atoms with Crippen LogP contribution in [0, 0.1) is 5.92 Å². The van der Waals surface area contributed by atoms with Gasteiger partial charge in [-0.15, -0.1) is 24.0 Å². The number of aliphatic imine (C=N–C) groups is 1. The van der Waals surface area contributed by atoms with Crippen LogP contribution in [-0.2, 0) is 4.79 Å². The number of carbonyl (C=O) groups is 1. The van der Waals surface area contributed by atoms with E-state index in [2.05, 4.69) is 53.4 Å². The summed E-state index contributed by atoms with van der Waals surface area (Å²) in [5.41, 5.74) is 1.18. The average molecular weight is 560 g/mol. The summed E-state index contributed by atoms with van der Waals surface area (Å²) in [6, 6.07) is 8.40. The minimum Gasteiger partial charge on any atom is -0.493 e. The van der Waals surface area contributed by atoms with Gasteiger partial charge in [-0.25, -0.2) is 0 Å². The van der Waals surface area contributed by atoms with E-state index in [0.717, 1.165) is 57.2 Å². The van der Waals surface area contributed by atoms with Gasteiger partial charge in [0.2, 0.25) is 5.91 Å². The first kappa shape index (κ1) is 28.5. The van der Waals surface area contributed by atoms with Gasteiger partial charge in [0.1, 0.15) is 5.75 Å². The summed E-state index contributed by atoms with van der Waals surface area (Å²) in [4.78, 5) is 20.7. The summed E-state index contributed by atoms with van der Waals surface area (Å²) >= 11 is 0. The molecule has 1 saturated heterocycles. The Bertz CT molecular complexity index is 709. The van der Waals surface area contributed by atoms with E-state index in [1.165, 1.54) is 5.56 Å². The molecule has 1 heterocycles. The molecule has 1 amide bonds. The Kier molecular flexibility index (Phi) is 13.0. The van der Waals surface area contributed by atoms with E-state index in [1.54, 1.807) is 11.9 Å². The lowest BCUT2D eigenvalue weighted by Gasteiger charge is -2.26. The zero-order valence-corrected chi connectivity index (χ0v) is 22.9. The van der Waals surface area contributed by atoms with E-state index >= 15 is 0 Å².